The first-order valence-corrected chi connectivity index (χ1v) is 10.6. The molecule has 1 aromatic heterocycles. The van der Waals surface area contributed by atoms with Gasteiger partial charge in [0.25, 0.3) is 11.8 Å². The molecule has 8 nitrogen and oxygen atoms in total. The lowest BCUT2D eigenvalue weighted by Gasteiger charge is -2.28. The lowest BCUT2D eigenvalue weighted by Crippen LogP contribution is -2.52. The van der Waals surface area contributed by atoms with Crippen LogP contribution >= 0.6 is 0 Å². The molecule has 0 aliphatic carbocycles. The van der Waals surface area contributed by atoms with E-state index in [0.29, 0.717) is 17.9 Å². The van der Waals surface area contributed by atoms with Crippen LogP contribution in [-0.4, -0.2) is 58.1 Å². The summed E-state index contributed by atoms with van der Waals surface area (Å²) in [5.74, 6) is -0.544. The number of carbonyl (C=O) groups is 3. The van der Waals surface area contributed by atoms with Crippen LogP contribution in [0.25, 0.3) is 23.0 Å². The van der Waals surface area contributed by atoms with Gasteiger partial charge in [0.05, 0.1) is 18.0 Å². The fourth-order valence-electron chi connectivity index (χ4n) is 3.49. The molecule has 1 aliphatic heterocycles. The fourth-order valence-corrected chi connectivity index (χ4v) is 3.49. The Morgan fingerprint density at radius 1 is 0.909 bits per heavy atom. The number of aromatic nitrogens is 2. The summed E-state index contributed by atoms with van der Waals surface area (Å²) in [6.07, 6.45) is 4.16. The number of nitrogens with zero attached hydrogens (tertiary/aromatic N) is 4. The van der Waals surface area contributed by atoms with Gasteiger partial charge >= 0.3 is 6.03 Å². The van der Waals surface area contributed by atoms with Crippen molar-refractivity contribution in [1.29, 1.82) is 0 Å². The maximum absolute atomic E-state index is 12.7. The van der Waals surface area contributed by atoms with Gasteiger partial charge < -0.3 is 4.74 Å². The van der Waals surface area contributed by atoms with Gasteiger partial charge in [-0.05, 0) is 48.9 Å². The molecule has 0 radical (unpaired) electrons. The third-order valence-corrected chi connectivity index (χ3v) is 5.31. The van der Waals surface area contributed by atoms with Gasteiger partial charge in [0.2, 0.25) is 0 Å². The van der Waals surface area contributed by atoms with E-state index in [2.05, 4.69) is 0 Å². The number of imide groups is 2. The van der Waals surface area contributed by atoms with Crippen molar-refractivity contribution in [1.82, 2.24) is 19.6 Å². The molecule has 33 heavy (non-hydrogen) atoms. The Morgan fingerprint density at radius 3 is 2.15 bits per heavy atom. The number of benzene rings is 2. The van der Waals surface area contributed by atoms with Crippen LogP contribution in [-0.2, 0) is 9.59 Å². The van der Waals surface area contributed by atoms with E-state index in [-0.39, 0.29) is 5.57 Å². The van der Waals surface area contributed by atoms with Crippen LogP contribution in [0.2, 0.25) is 0 Å². The van der Waals surface area contributed by atoms with E-state index in [4.69, 9.17) is 9.84 Å². The summed E-state index contributed by atoms with van der Waals surface area (Å²) in [5.41, 5.74) is 2.70. The molecule has 3 aromatic rings. The van der Waals surface area contributed by atoms with Gasteiger partial charge in [-0.3, -0.25) is 19.4 Å². The maximum atomic E-state index is 12.7. The normalized spacial score (nSPS) is 14.2. The minimum atomic E-state index is -0.662. The van der Waals surface area contributed by atoms with E-state index < -0.39 is 17.8 Å². The van der Waals surface area contributed by atoms with E-state index in [1.54, 1.807) is 10.9 Å². The Morgan fingerprint density at radius 2 is 1.55 bits per heavy atom. The Kier molecular flexibility index (Phi) is 6.08. The number of barbiturate groups is 1. The minimum Gasteiger partial charge on any atom is -0.494 e. The lowest BCUT2D eigenvalue weighted by molar-refractivity contribution is -0.134. The van der Waals surface area contributed by atoms with Gasteiger partial charge in [-0.15, -0.1) is 0 Å². The van der Waals surface area contributed by atoms with E-state index in [9.17, 15) is 14.4 Å². The van der Waals surface area contributed by atoms with Crippen molar-refractivity contribution >= 4 is 23.9 Å². The summed E-state index contributed by atoms with van der Waals surface area (Å²) in [5, 5.41) is 4.73. The summed E-state index contributed by atoms with van der Waals surface area (Å²) >= 11 is 0. The fraction of sp³-hybridized carbons (Fsp3) is 0.200. The SMILES string of the molecule is CCCOc1ccc(-c2nn(-c3ccccc3)cc2C=C2C(=O)N(C)C(=O)N(C)C2=O)cc1. The molecule has 2 heterocycles. The first-order chi connectivity index (χ1) is 15.9. The molecule has 1 aliphatic rings. The number of para-hydroxylation sites is 1. The minimum absolute atomic E-state index is 0.101. The third-order valence-electron chi connectivity index (χ3n) is 5.31. The van der Waals surface area contributed by atoms with Crippen molar-refractivity contribution in [3.63, 3.8) is 0 Å². The molecule has 0 bridgehead atoms. The van der Waals surface area contributed by atoms with Gasteiger partial charge in [-0.2, -0.15) is 5.10 Å². The van der Waals surface area contributed by atoms with E-state index in [0.717, 1.165) is 33.2 Å². The molecule has 0 saturated carbocycles. The van der Waals surface area contributed by atoms with E-state index >= 15 is 0 Å². The molecule has 1 saturated heterocycles. The Labute approximate surface area is 191 Å². The average Bonchev–Trinajstić information content (AvgIpc) is 3.27. The third kappa shape index (κ3) is 4.27. The molecule has 2 aromatic carbocycles. The number of urea groups is 1. The second-order valence-corrected chi connectivity index (χ2v) is 7.65. The summed E-state index contributed by atoms with van der Waals surface area (Å²) in [6.45, 7) is 2.67. The van der Waals surface area contributed by atoms with Gasteiger partial charge in [-0.1, -0.05) is 25.1 Å². The van der Waals surface area contributed by atoms with Gasteiger partial charge in [-0.25, -0.2) is 9.48 Å². The van der Waals surface area contributed by atoms with Crippen LogP contribution in [0, 0.1) is 0 Å². The number of rotatable bonds is 6. The second-order valence-electron chi connectivity index (χ2n) is 7.65. The zero-order chi connectivity index (χ0) is 23.5. The van der Waals surface area contributed by atoms with Crippen LogP contribution in [0.5, 0.6) is 5.75 Å². The Balaban J connectivity index is 1.81. The zero-order valence-corrected chi connectivity index (χ0v) is 18.7. The topological polar surface area (TPSA) is 84.7 Å². The average molecular weight is 444 g/mol. The van der Waals surface area contributed by atoms with Gasteiger partial charge in [0, 0.05) is 31.4 Å². The molecule has 4 rings (SSSR count). The smallest absolute Gasteiger partial charge is 0.333 e. The number of amides is 4. The molecule has 0 unspecified atom stereocenters. The first kappa shape index (κ1) is 22.0. The van der Waals surface area contributed by atoms with Crippen LogP contribution in [0.4, 0.5) is 4.79 Å². The molecular formula is C25H24N4O4. The standard InChI is InChI=1S/C25H24N4O4/c1-4-14-33-20-12-10-17(11-13-20)22-18(16-29(26-22)19-8-6-5-7-9-19)15-21-23(30)27(2)25(32)28(3)24(21)31/h5-13,15-16H,4,14H2,1-3H3. The number of hydrogen-bond acceptors (Lipinski definition) is 5. The maximum Gasteiger partial charge on any atom is 0.333 e. The highest BCUT2D eigenvalue weighted by Crippen LogP contribution is 2.29. The quantitative estimate of drug-likeness (QED) is 0.427. The Bertz CT molecular complexity index is 1200. The zero-order valence-electron chi connectivity index (χ0n) is 18.7. The van der Waals surface area contributed by atoms with Crippen molar-refractivity contribution in [3.05, 3.63) is 71.9 Å². The molecule has 8 heteroatoms. The monoisotopic (exact) mass is 444 g/mol. The highest BCUT2D eigenvalue weighted by Gasteiger charge is 2.38. The molecule has 0 spiro atoms. The van der Waals surface area contributed by atoms with Crippen LogP contribution in [0.15, 0.2) is 66.4 Å². The predicted molar refractivity (Wildman–Crippen MR) is 124 cm³/mol. The van der Waals surface area contributed by atoms with Crippen LogP contribution < -0.4 is 4.74 Å². The van der Waals surface area contributed by atoms with E-state index in [1.165, 1.54) is 20.2 Å². The van der Waals surface area contributed by atoms with Gasteiger partial charge in [0.1, 0.15) is 11.3 Å². The first-order valence-electron chi connectivity index (χ1n) is 10.6. The van der Waals surface area contributed by atoms with E-state index in [1.807, 2.05) is 61.5 Å². The highest BCUT2D eigenvalue weighted by atomic mass is 16.5. The van der Waals surface area contributed by atoms with Crippen LogP contribution in [0.3, 0.4) is 0 Å². The summed E-state index contributed by atoms with van der Waals surface area (Å²) in [6, 6.07) is 16.4. The number of carbonyl (C=O) groups excluding carboxylic acids is 3. The number of hydrogen-bond donors (Lipinski definition) is 0. The molecule has 0 atom stereocenters. The summed E-state index contributed by atoms with van der Waals surface area (Å²) < 4.78 is 7.36. The molecular weight excluding hydrogens is 420 g/mol. The molecule has 4 amide bonds. The number of likely N-dealkylation sites (N-methyl/N-ethyl adjacent to an activating group) is 2. The van der Waals surface area contributed by atoms with Crippen molar-refractivity contribution in [2.45, 2.75) is 13.3 Å². The molecule has 0 N–H and O–H groups in total. The highest BCUT2D eigenvalue weighted by molar-refractivity contribution is 6.30. The van der Waals surface area contributed by atoms with Crippen molar-refractivity contribution < 1.29 is 19.1 Å². The lowest BCUT2D eigenvalue weighted by atomic mass is 10.0. The van der Waals surface area contributed by atoms with Crippen molar-refractivity contribution in [3.8, 4) is 22.7 Å². The summed E-state index contributed by atoms with van der Waals surface area (Å²) in [4.78, 5) is 39.4. The predicted octanol–water partition coefficient (Wildman–Crippen LogP) is 3.76. The van der Waals surface area contributed by atoms with Crippen LogP contribution in [0.1, 0.15) is 18.9 Å². The van der Waals surface area contributed by atoms with Crippen molar-refractivity contribution in [2.24, 2.45) is 0 Å². The summed E-state index contributed by atoms with van der Waals surface area (Å²) in [7, 11) is 2.70. The molecule has 1 fully saturated rings. The molecule has 168 valence electrons. The van der Waals surface area contributed by atoms with Gasteiger partial charge in [0.15, 0.2) is 0 Å². The largest absolute Gasteiger partial charge is 0.494 e. The Hall–Kier alpha value is -4.20. The van der Waals surface area contributed by atoms with Crippen molar-refractivity contribution in [2.75, 3.05) is 20.7 Å². The number of ether oxygens (including phenoxy) is 1. The second kappa shape index (κ2) is 9.12.